The number of amides is 1. The lowest BCUT2D eigenvalue weighted by Gasteiger charge is -2.15. The van der Waals surface area contributed by atoms with Crippen LogP contribution in [0.25, 0.3) is 0 Å². The topological polar surface area (TPSA) is 101 Å². The van der Waals surface area contributed by atoms with Crippen molar-refractivity contribution in [3.05, 3.63) is 35.7 Å². The highest BCUT2D eigenvalue weighted by atomic mass is 32.2. The molecule has 0 radical (unpaired) electrons. The fourth-order valence-corrected chi connectivity index (χ4v) is 3.24. The van der Waals surface area contributed by atoms with Crippen LogP contribution >= 0.6 is 0 Å². The van der Waals surface area contributed by atoms with Crippen LogP contribution in [0.1, 0.15) is 37.7 Å². The molecule has 2 aromatic rings. The first kappa shape index (κ1) is 19.8. The number of halogens is 2. The molecular formula is C16H19F2N3O4S. The third-order valence-corrected chi connectivity index (χ3v) is 5.61. The maximum absolute atomic E-state index is 12.7. The van der Waals surface area contributed by atoms with Crippen LogP contribution in [0.2, 0.25) is 0 Å². The molecule has 1 amide bonds. The van der Waals surface area contributed by atoms with E-state index in [9.17, 15) is 27.1 Å². The molecule has 1 unspecified atom stereocenters. The predicted octanol–water partition coefficient (Wildman–Crippen LogP) is 2.83. The second-order valence-corrected chi connectivity index (χ2v) is 7.98. The zero-order chi connectivity index (χ0) is 19.6. The number of nitrogens with one attached hydrogen (secondary N) is 1. The molecular weight excluding hydrogens is 368 g/mol. The number of anilines is 1. The van der Waals surface area contributed by atoms with E-state index in [-0.39, 0.29) is 22.1 Å². The molecule has 0 saturated heterocycles. The average molecular weight is 387 g/mol. The quantitative estimate of drug-likeness (QED) is 0.742. The molecule has 1 atom stereocenters. The van der Waals surface area contributed by atoms with Gasteiger partial charge in [-0.15, -0.1) is 0 Å². The third kappa shape index (κ3) is 4.01. The number of aryl methyl sites for hydroxylation is 1. The molecule has 10 heteroatoms. The molecule has 1 aromatic heterocycles. The van der Waals surface area contributed by atoms with Gasteiger partial charge < -0.3 is 10.4 Å². The Morgan fingerprint density at radius 2 is 2.00 bits per heavy atom. The zero-order valence-corrected chi connectivity index (χ0v) is 15.2. The predicted molar refractivity (Wildman–Crippen MR) is 91.1 cm³/mol. The number of aromatic hydroxyl groups is 1. The second kappa shape index (κ2) is 7.40. The first-order valence-electron chi connectivity index (χ1n) is 7.77. The zero-order valence-electron chi connectivity index (χ0n) is 14.4. The standard InChI is InChI=1S/C16H19F2N3O4S/c1-4-26(24,25)11-5-6-14(22)12(8-11)19-16(23)10(3)21-9(2)7-13(20-21)15(17)18/h5-8,10,15,22H,4H2,1-3H3,(H,19,23). The van der Waals surface area contributed by atoms with E-state index in [0.717, 1.165) is 16.8 Å². The van der Waals surface area contributed by atoms with Gasteiger partial charge in [-0.3, -0.25) is 9.48 Å². The van der Waals surface area contributed by atoms with Crippen molar-refractivity contribution in [3.8, 4) is 5.75 Å². The number of phenolic OH excluding ortho intramolecular Hbond substituents is 1. The number of hydrogen-bond acceptors (Lipinski definition) is 5. The van der Waals surface area contributed by atoms with Crippen LogP contribution < -0.4 is 5.32 Å². The van der Waals surface area contributed by atoms with E-state index in [4.69, 9.17) is 0 Å². The van der Waals surface area contributed by atoms with Gasteiger partial charge in [0.2, 0.25) is 5.91 Å². The summed E-state index contributed by atoms with van der Waals surface area (Å²) in [6.07, 6.45) is -2.76. The van der Waals surface area contributed by atoms with Crippen molar-refractivity contribution in [2.75, 3.05) is 11.1 Å². The van der Waals surface area contributed by atoms with E-state index in [0.29, 0.717) is 5.69 Å². The molecule has 0 fully saturated rings. The van der Waals surface area contributed by atoms with Crippen molar-refractivity contribution in [2.45, 2.75) is 38.1 Å². The Morgan fingerprint density at radius 1 is 1.35 bits per heavy atom. The van der Waals surface area contributed by atoms with Gasteiger partial charge in [0, 0.05) is 5.69 Å². The molecule has 0 aliphatic carbocycles. The molecule has 2 rings (SSSR count). The van der Waals surface area contributed by atoms with Crippen LogP contribution in [0.4, 0.5) is 14.5 Å². The van der Waals surface area contributed by atoms with Crippen molar-refractivity contribution in [2.24, 2.45) is 0 Å². The molecule has 142 valence electrons. The molecule has 1 heterocycles. The van der Waals surface area contributed by atoms with Gasteiger partial charge in [-0.05, 0) is 38.1 Å². The lowest BCUT2D eigenvalue weighted by atomic mass is 10.2. The highest BCUT2D eigenvalue weighted by molar-refractivity contribution is 7.91. The van der Waals surface area contributed by atoms with Gasteiger partial charge in [-0.2, -0.15) is 5.10 Å². The number of carbonyl (C=O) groups is 1. The minimum Gasteiger partial charge on any atom is -0.506 e. The van der Waals surface area contributed by atoms with Gasteiger partial charge in [-0.1, -0.05) is 6.92 Å². The highest BCUT2D eigenvalue weighted by Gasteiger charge is 2.23. The van der Waals surface area contributed by atoms with E-state index in [1.54, 1.807) is 0 Å². The van der Waals surface area contributed by atoms with Crippen LogP contribution in [0.5, 0.6) is 5.75 Å². The summed E-state index contributed by atoms with van der Waals surface area (Å²) >= 11 is 0. The Labute approximate surface area is 149 Å². The SMILES string of the molecule is CCS(=O)(=O)c1ccc(O)c(NC(=O)C(C)n2nc(C(F)F)cc2C)c1. The van der Waals surface area contributed by atoms with Crippen molar-refractivity contribution < 1.29 is 27.1 Å². The van der Waals surface area contributed by atoms with Gasteiger partial charge in [-0.25, -0.2) is 17.2 Å². The number of hydrogen-bond donors (Lipinski definition) is 2. The number of carbonyl (C=O) groups excluding carboxylic acids is 1. The van der Waals surface area contributed by atoms with Crippen molar-refractivity contribution in [1.82, 2.24) is 9.78 Å². The van der Waals surface area contributed by atoms with Gasteiger partial charge in [0.05, 0.1) is 16.3 Å². The van der Waals surface area contributed by atoms with E-state index in [2.05, 4.69) is 10.4 Å². The second-order valence-electron chi connectivity index (χ2n) is 5.70. The minimum atomic E-state index is -3.52. The molecule has 0 aliphatic rings. The summed E-state index contributed by atoms with van der Waals surface area (Å²) in [5.41, 5.74) is -0.161. The Kier molecular flexibility index (Phi) is 5.65. The Balaban J connectivity index is 2.28. The van der Waals surface area contributed by atoms with Crippen LogP contribution in [0, 0.1) is 6.92 Å². The Bertz CT molecular complexity index is 926. The number of alkyl halides is 2. The number of benzene rings is 1. The summed E-state index contributed by atoms with van der Waals surface area (Å²) < 4.78 is 50.5. The molecule has 0 saturated carbocycles. The number of rotatable bonds is 6. The monoisotopic (exact) mass is 387 g/mol. The van der Waals surface area contributed by atoms with Gasteiger partial charge in [0.1, 0.15) is 17.5 Å². The van der Waals surface area contributed by atoms with Crippen LogP contribution in [0.3, 0.4) is 0 Å². The van der Waals surface area contributed by atoms with Crippen molar-refractivity contribution in [3.63, 3.8) is 0 Å². The third-order valence-electron chi connectivity index (χ3n) is 3.88. The largest absolute Gasteiger partial charge is 0.506 e. The van der Waals surface area contributed by atoms with E-state index < -0.39 is 33.9 Å². The van der Waals surface area contributed by atoms with Crippen LogP contribution in [0.15, 0.2) is 29.2 Å². The summed E-state index contributed by atoms with van der Waals surface area (Å²) in [5.74, 6) is -1.09. The first-order chi connectivity index (χ1) is 12.1. The van der Waals surface area contributed by atoms with Crippen LogP contribution in [-0.2, 0) is 14.6 Å². The Morgan fingerprint density at radius 3 is 2.54 bits per heavy atom. The molecule has 0 aliphatic heterocycles. The molecule has 0 spiro atoms. The maximum Gasteiger partial charge on any atom is 0.282 e. The maximum atomic E-state index is 12.7. The first-order valence-corrected chi connectivity index (χ1v) is 9.43. The van der Waals surface area contributed by atoms with Crippen LogP contribution in [-0.4, -0.2) is 35.0 Å². The number of aromatic nitrogens is 2. The van der Waals surface area contributed by atoms with Crippen molar-refractivity contribution in [1.29, 1.82) is 0 Å². The van der Waals surface area contributed by atoms with E-state index in [1.807, 2.05) is 0 Å². The number of phenols is 1. The van der Waals surface area contributed by atoms with E-state index >= 15 is 0 Å². The van der Waals surface area contributed by atoms with Gasteiger partial charge in [0.15, 0.2) is 9.84 Å². The average Bonchev–Trinajstić information content (AvgIpc) is 2.98. The number of nitrogens with zero attached hydrogens (tertiary/aromatic N) is 2. The molecule has 26 heavy (non-hydrogen) atoms. The normalized spacial score (nSPS) is 13.0. The summed E-state index contributed by atoms with van der Waals surface area (Å²) in [6, 6.07) is 3.78. The molecule has 2 N–H and O–H groups in total. The summed E-state index contributed by atoms with van der Waals surface area (Å²) in [7, 11) is -3.52. The molecule has 7 nitrogen and oxygen atoms in total. The smallest absolute Gasteiger partial charge is 0.282 e. The van der Waals surface area contributed by atoms with E-state index in [1.165, 1.54) is 32.9 Å². The fraction of sp³-hybridized carbons (Fsp3) is 0.375. The Hall–Kier alpha value is -2.49. The lowest BCUT2D eigenvalue weighted by molar-refractivity contribution is -0.119. The van der Waals surface area contributed by atoms with Crippen molar-refractivity contribution >= 4 is 21.4 Å². The summed E-state index contributed by atoms with van der Waals surface area (Å²) in [6.45, 7) is 4.46. The van der Waals surface area contributed by atoms with Gasteiger partial charge in [0.25, 0.3) is 6.43 Å². The summed E-state index contributed by atoms with van der Waals surface area (Å²) in [4.78, 5) is 12.4. The highest BCUT2D eigenvalue weighted by Crippen LogP contribution is 2.28. The number of sulfone groups is 1. The summed E-state index contributed by atoms with van der Waals surface area (Å²) in [5, 5.41) is 16.0. The molecule has 1 aromatic carbocycles. The molecule has 0 bridgehead atoms. The van der Waals surface area contributed by atoms with Gasteiger partial charge >= 0.3 is 0 Å². The lowest BCUT2D eigenvalue weighted by Crippen LogP contribution is -2.25. The fourth-order valence-electron chi connectivity index (χ4n) is 2.33. The minimum absolute atomic E-state index is 0.0454.